The van der Waals surface area contributed by atoms with Crippen LogP contribution in [0.4, 0.5) is 5.13 Å². The molecule has 2 heterocycles. The van der Waals surface area contributed by atoms with Crippen LogP contribution in [0.25, 0.3) is 10.2 Å². The van der Waals surface area contributed by atoms with Crippen LogP contribution >= 0.6 is 11.3 Å². The number of anilines is 1. The van der Waals surface area contributed by atoms with Gasteiger partial charge in [-0.2, -0.15) is 0 Å². The van der Waals surface area contributed by atoms with Crippen LogP contribution in [0.1, 0.15) is 15.9 Å². The van der Waals surface area contributed by atoms with E-state index in [1.165, 1.54) is 4.90 Å². The van der Waals surface area contributed by atoms with Crippen LogP contribution in [0.15, 0.2) is 48.5 Å². The first-order valence-corrected chi connectivity index (χ1v) is 10.2. The standard InChI is InChI=1S/C21H23N3O2S/c1-16-6-8-17(9-7-16)20(25)24(11-10-23-12-14-26-15-13-23)21-22-18-4-2-3-5-19(18)27-21/h2-9H,10-15H2,1H3/p+1. The third-order valence-electron chi connectivity index (χ3n) is 4.95. The summed E-state index contributed by atoms with van der Waals surface area (Å²) in [7, 11) is 0. The minimum Gasteiger partial charge on any atom is -0.370 e. The number of aromatic nitrogens is 1. The molecule has 0 saturated carbocycles. The number of nitrogens with zero attached hydrogens (tertiary/aromatic N) is 2. The van der Waals surface area contributed by atoms with Gasteiger partial charge in [0.1, 0.15) is 13.1 Å². The predicted octanol–water partition coefficient (Wildman–Crippen LogP) is 2.17. The first-order valence-electron chi connectivity index (χ1n) is 9.36. The SMILES string of the molecule is Cc1ccc(C(=O)N(CC[NH+]2CCOCC2)c2nc3ccccc3s2)cc1. The molecule has 6 heteroatoms. The van der Waals surface area contributed by atoms with Gasteiger partial charge in [0, 0.05) is 5.56 Å². The summed E-state index contributed by atoms with van der Waals surface area (Å²) in [5.41, 5.74) is 2.80. The van der Waals surface area contributed by atoms with Gasteiger partial charge in [-0.05, 0) is 31.2 Å². The largest absolute Gasteiger partial charge is 0.370 e. The molecule has 5 nitrogen and oxygen atoms in total. The Morgan fingerprint density at radius 1 is 1.15 bits per heavy atom. The van der Waals surface area contributed by atoms with Gasteiger partial charge in [0.2, 0.25) is 0 Å². The highest BCUT2D eigenvalue weighted by atomic mass is 32.1. The summed E-state index contributed by atoms with van der Waals surface area (Å²) in [4.78, 5) is 21.3. The number of quaternary nitrogens is 1. The number of nitrogens with one attached hydrogen (secondary N) is 1. The lowest BCUT2D eigenvalue weighted by Crippen LogP contribution is -3.14. The Labute approximate surface area is 163 Å². The van der Waals surface area contributed by atoms with E-state index in [4.69, 9.17) is 9.72 Å². The van der Waals surface area contributed by atoms with Crippen molar-refractivity contribution < 1.29 is 14.4 Å². The minimum absolute atomic E-state index is 0.0155. The molecule has 1 amide bonds. The van der Waals surface area contributed by atoms with Gasteiger partial charge in [-0.25, -0.2) is 4.98 Å². The summed E-state index contributed by atoms with van der Waals surface area (Å²) >= 11 is 1.58. The molecule has 1 aliphatic rings. The molecule has 0 radical (unpaired) electrons. The van der Waals surface area contributed by atoms with Crippen molar-refractivity contribution in [3.63, 3.8) is 0 Å². The molecule has 1 saturated heterocycles. The smallest absolute Gasteiger partial charge is 0.260 e. The molecule has 1 fully saturated rings. The normalized spacial score (nSPS) is 15.1. The van der Waals surface area contributed by atoms with Crippen LogP contribution in [0.3, 0.4) is 0 Å². The number of carbonyl (C=O) groups excluding carboxylic acids is 1. The van der Waals surface area contributed by atoms with Crippen molar-refractivity contribution in [2.24, 2.45) is 0 Å². The van der Waals surface area contributed by atoms with E-state index in [0.29, 0.717) is 12.1 Å². The number of thiazole rings is 1. The van der Waals surface area contributed by atoms with Crippen molar-refractivity contribution in [2.45, 2.75) is 6.92 Å². The fourth-order valence-corrected chi connectivity index (χ4v) is 4.28. The summed E-state index contributed by atoms with van der Waals surface area (Å²) in [6.07, 6.45) is 0. The lowest BCUT2D eigenvalue weighted by atomic mass is 10.1. The molecule has 1 N–H and O–H groups in total. The summed E-state index contributed by atoms with van der Waals surface area (Å²) in [5, 5.41) is 0.773. The first-order chi connectivity index (χ1) is 13.2. The molecule has 0 bridgehead atoms. The van der Waals surface area contributed by atoms with Gasteiger partial charge in [-0.1, -0.05) is 41.2 Å². The second kappa shape index (κ2) is 8.17. The van der Waals surface area contributed by atoms with Gasteiger partial charge in [0.15, 0.2) is 5.13 Å². The van der Waals surface area contributed by atoms with Crippen molar-refractivity contribution in [1.82, 2.24) is 4.98 Å². The molecule has 1 aliphatic heterocycles. The molecule has 1 aromatic heterocycles. The van der Waals surface area contributed by atoms with E-state index in [1.54, 1.807) is 11.3 Å². The maximum atomic E-state index is 13.3. The van der Waals surface area contributed by atoms with Gasteiger partial charge in [-0.3, -0.25) is 9.69 Å². The summed E-state index contributed by atoms with van der Waals surface area (Å²) in [5.74, 6) is 0.0155. The Bertz CT molecular complexity index is 884. The van der Waals surface area contributed by atoms with Gasteiger partial charge in [0.25, 0.3) is 5.91 Å². The topological polar surface area (TPSA) is 46.9 Å². The number of hydrogen-bond donors (Lipinski definition) is 1. The lowest BCUT2D eigenvalue weighted by molar-refractivity contribution is -0.906. The third-order valence-corrected chi connectivity index (χ3v) is 6.01. The number of hydrogen-bond acceptors (Lipinski definition) is 4. The molecule has 0 aliphatic carbocycles. The molecule has 4 rings (SSSR count). The van der Waals surface area contributed by atoms with Crippen molar-refractivity contribution in [3.05, 3.63) is 59.7 Å². The van der Waals surface area contributed by atoms with Crippen LogP contribution in [-0.4, -0.2) is 50.3 Å². The van der Waals surface area contributed by atoms with Gasteiger partial charge in [-0.15, -0.1) is 0 Å². The third kappa shape index (κ3) is 4.18. The molecule has 0 unspecified atom stereocenters. The van der Waals surface area contributed by atoms with Gasteiger partial charge >= 0.3 is 0 Å². The number of para-hydroxylation sites is 1. The van der Waals surface area contributed by atoms with Crippen molar-refractivity contribution >= 4 is 32.6 Å². The van der Waals surface area contributed by atoms with Gasteiger partial charge < -0.3 is 9.64 Å². The number of morpholine rings is 1. The van der Waals surface area contributed by atoms with Crippen LogP contribution in [0.2, 0.25) is 0 Å². The number of carbonyl (C=O) groups is 1. The fourth-order valence-electron chi connectivity index (χ4n) is 3.29. The van der Waals surface area contributed by atoms with Crippen LogP contribution in [0.5, 0.6) is 0 Å². The van der Waals surface area contributed by atoms with Crippen molar-refractivity contribution in [3.8, 4) is 0 Å². The lowest BCUT2D eigenvalue weighted by Gasteiger charge is -2.27. The quantitative estimate of drug-likeness (QED) is 0.736. The maximum Gasteiger partial charge on any atom is 0.260 e. The minimum atomic E-state index is 0.0155. The second-order valence-electron chi connectivity index (χ2n) is 6.90. The number of amides is 1. The van der Waals surface area contributed by atoms with E-state index in [1.807, 2.05) is 54.3 Å². The van der Waals surface area contributed by atoms with E-state index in [2.05, 4.69) is 6.07 Å². The number of benzene rings is 2. The zero-order valence-corrected chi connectivity index (χ0v) is 16.3. The van der Waals surface area contributed by atoms with Crippen molar-refractivity contribution in [2.75, 3.05) is 44.3 Å². The zero-order chi connectivity index (χ0) is 18.6. The number of ether oxygens (including phenoxy) is 1. The monoisotopic (exact) mass is 382 g/mol. The maximum absolute atomic E-state index is 13.3. The Balaban J connectivity index is 1.61. The number of fused-ring (bicyclic) bond motifs is 1. The average molecular weight is 383 g/mol. The fraction of sp³-hybridized carbons (Fsp3) is 0.333. The van der Waals surface area contributed by atoms with Crippen molar-refractivity contribution in [1.29, 1.82) is 0 Å². The number of rotatable bonds is 5. The Kier molecular flexibility index (Phi) is 5.48. The second-order valence-corrected chi connectivity index (χ2v) is 7.91. The summed E-state index contributed by atoms with van der Waals surface area (Å²) in [6, 6.07) is 15.8. The molecular weight excluding hydrogens is 358 g/mol. The summed E-state index contributed by atoms with van der Waals surface area (Å²) < 4.78 is 6.55. The molecule has 0 atom stereocenters. The average Bonchev–Trinajstić information content (AvgIpc) is 3.13. The van der Waals surface area contributed by atoms with E-state index < -0.39 is 0 Å². The Morgan fingerprint density at radius 3 is 2.63 bits per heavy atom. The zero-order valence-electron chi connectivity index (χ0n) is 15.5. The Hall–Kier alpha value is -2.28. The first kappa shape index (κ1) is 18.1. The highest BCUT2D eigenvalue weighted by molar-refractivity contribution is 7.22. The van der Waals surface area contributed by atoms with E-state index >= 15 is 0 Å². The Morgan fingerprint density at radius 2 is 1.89 bits per heavy atom. The molecule has 3 aromatic rings. The summed E-state index contributed by atoms with van der Waals surface area (Å²) in [6.45, 7) is 7.16. The highest BCUT2D eigenvalue weighted by Crippen LogP contribution is 2.29. The molecule has 140 valence electrons. The molecule has 2 aromatic carbocycles. The molecular formula is C21H24N3O2S+. The van der Waals surface area contributed by atoms with E-state index in [0.717, 1.165) is 53.8 Å². The predicted molar refractivity (Wildman–Crippen MR) is 109 cm³/mol. The van der Waals surface area contributed by atoms with Gasteiger partial charge in [0.05, 0.1) is 36.5 Å². The molecule has 0 spiro atoms. The number of aryl methyl sites for hydroxylation is 1. The molecule has 27 heavy (non-hydrogen) atoms. The van der Waals surface area contributed by atoms with Crippen LogP contribution in [-0.2, 0) is 4.74 Å². The van der Waals surface area contributed by atoms with Crippen LogP contribution < -0.4 is 9.80 Å². The highest BCUT2D eigenvalue weighted by Gasteiger charge is 2.24. The van der Waals surface area contributed by atoms with E-state index in [-0.39, 0.29) is 5.91 Å². The van der Waals surface area contributed by atoms with Crippen LogP contribution in [0, 0.1) is 6.92 Å². The van der Waals surface area contributed by atoms with E-state index in [9.17, 15) is 4.79 Å².